The Kier molecular flexibility index (Phi) is 3.57. The number of nitrogens with two attached hydrogens (primary N) is 1. The molecule has 1 aliphatic rings. The van der Waals surface area contributed by atoms with Gasteiger partial charge < -0.3 is 10.5 Å². The van der Waals surface area contributed by atoms with Gasteiger partial charge in [-0.3, -0.25) is 0 Å². The molecule has 0 amide bonds. The van der Waals surface area contributed by atoms with Crippen molar-refractivity contribution in [1.29, 1.82) is 0 Å². The third kappa shape index (κ3) is 2.48. The van der Waals surface area contributed by atoms with Gasteiger partial charge in [-0.2, -0.15) is 0 Å². The summed E-state index contributed by atoms with van der Waals surface area (Å²) in [6.45, 7) is 4.23. The second-order valence-corrected chi connectivity index (χ2v) is 6.41. The van der Waals surface area contributed by atoms with Crippen LogP contribution in [0.4, 0.5) is 0 Å². The zero-order valence-corrected chi connectivity index (χ0v) is 13.3. The fraction of sp³-hybridized carbons (Fsp3) is 0.294. The molecule has 0 saturated carbocycles. The molecule has 0 radical (unpaired) electrons. The molecule has 3 heteroatoms. The highest BCUT2D eigenvalue weighted by molar-refractivity contribution is 9.10. The van der Waals surface area contributed by atoms with Crippen LogP contribution in [0, 0.1) is 13.8 Å². The molecule has 0 saturated heterocycles. The summed E-state index contributed by atoms with van der Waals surface area (Å²) in [4.78, 5) is 0. The van der Waals surface area contributed by atoms with Crippen molar-refractivity contribution in [1.82, 2.24) is 0 Å². The molecular weight excluding hydrogens is 314 g/mol. The summed E-state index contributed by atoms with van der Waals surface area (Å²) in [6.07, 6.45) is 0.852. The van der Waals surface area contributed by atoms with Crippen molar-refractivity contribution in [2.45, 2.75) is 32.4 Å². The van der Waals surface area contributed by atoms with Gasteiger partial charge in [-0.15, -0.1) is 0 Å². The van der Waals surface area contributed by atoms with Crippen molar-refractivity contribution in [3.05, 3.63) is 63.1 Å². The van der Waals surface area contributed by atoms with Gasteiger partial charge in [0.25, 0.3) is 0 Å². The summed E-state index contributed by atoms with van der Waals surface area (Å²) in [6, 6.07) is 12.6. The lowest BCUT2D eigenvalue weighted by atomic mass is 9.91. The zero-order chi connectivity index (χ0) is 14.3. The molecule has 0 spiro atoms. The van der Waals surface area contributed by atoms with Gasteiger partial charge in [0.15, 0.2) is 0 Å². The average molecular weight is 332 g/mol. The molecule has 0 bridgehead atoms. The first-order chi connectivity index (χ1) is 9.54. The Balaban J connectivity index is 2.00. The summed E-state index contributed by atoms with van der Waals surface area (Å²) in [5.41, 5.74) is 11.2. The van der Waals surface area contributed by atoms with Crippen LogP contribution in [0.5, 0.6) is 5.75 Å². The first kappa shape index (κ1) is 13.7. The number of fused-ring (bicyclic) bond motifs is 1. The monoisotopic (exact) mass is 331 g/mol. The van der Waals surface area contributed by atoms with Crippen molar-refractivity contribution in [2.75, 3.05) is 0 Å². The highest BCUT2D eigenvalue weighted by Crippen LogP contribution is 2.41. The molecule has 2 aromatic rings. The Bertz CT molecular complexity index is 653. The maximum Gasteiger partial charge on any atom is 0.126 e. The number of hydrogen-bond donors (Lipinski definition) is 1. The van der Waals surface area contributed by atoms with E-state index in [-0.39, 0.29) is 12.1 Å². The molecule has 3 rings (SSSR count). The van der Waals surface area contributed by atoms with Gasteiger partial charge in [0.05, 0.1) is 0 Å². The van der Waals surface area contributed by atoms with Gasteiger partial charge in [0.2, 0.25) is 0 Å². The standard InChI is InChI=1S/C17H18BrNO/c1-10-3-4-11(2)14(7-10)17-9-15(19)13-6-5-12(18)8-16(13)20-17/h3-8,15,17H,9,19H2,1-2H3/t15-,17?/m1/s1. The van der Waals surface area contributed by atoms with E-state index in [1.165, 1.54) is 16.7 Å². The Morgan fingerprint density at radius 3 is 2.70 bits per heavy atom. The molecule has 1 unspecified atom stereocenters. The lowest BCUT2D eigenvalue weighted by molar-refractivity contribution is 0.160. The van der Waals surface area contributed by atoms with E-state index < -0.39 is 0 Å². The molecule has 2 N–H and O–H groups in total. The van der Waals surface area contributed by atoms with Gasteiger partial charge in [0.1, 0.15) is 11.9 Å². The molecule has 2 atom stereocenters. The van der Waals surface area contributed by atoms with E-state index in [9.17, 15) is 0 Å². The summed E-state index contributed by atoms with van der Waals surface area (Å²) < 4.78 is 7.21. The molecule has 0 aromatic heterocycles. The smallest absolute Gasteiger partial charge is 0.126 e. The predicted octanol–water partition coefficient (Wildman–Crippen LogP) is 4.59. The largest absolute Gasteiger partial charge is 0.485 e. The lowest BCUT2D eigenvalue weighted by Crippen LogP contribution is -2.24. The summed E-state index contributed by atoms with van der Waals surface area (Å²) >= 11 is 3.49. The molecule has 1 heterocycles. The maximum absolute atomic E-state index is 6.32. The van der Waals surface area contributed by atoms with Crippen LogP contribution in [0.25, 0.3) is 0 Å². The number of aryl methyl sites for hydroxylation is 2. The molecule has 0 aliphatic carbocycles. The van der Waals surface area contributed by atoms with Crippen LogP contribution in [0.1, 0.15) is 40.8 Å². The predicted molar refractivity (Wildman–Crippen MR) is 85.0 cm³/mol. The quantitative estimate of drug-likeness (QED) is 0.829. The Morgan fingerprint density at radius 1 is 1.10 bits per heavy atom. The normalized spacial score (nSPS) is 21.2. The first-order valence-corrected chi connectivity index (χ1v) is 7.63. The Morgan fingerprint density at radius 2 is 1.90 bits per heavy atom. The topological polar surface area (TPSA) is 35.2 Å². The van der Waals surface area contributed by atoms with Gasteiger partial charge in [-0.1, -0.05) is 45.8 Å². The van der Waals surface area contributed by atoms with E-state index in [1.807, 2.05) is 18.2 Å². The molecule has 2 aromatic carbocycles. The van der Waals surface area contributed by atoms with E-state index in [0.29, 0.717) is 0 Å². The van der Waals surface area contributed by atoms with Crippen molar-refractivity contribution in [3.63, 3.8) is 0 Å². The molecule has 0 fully saturated rings. The van der Waals surface area contributed by atoms with Gasteiger partial charge >= 0.3 is 0 Å². The summed E-state index contributed by atoms with van der Waals surface area (Å²) in [5, 5.41) is 0. The number of hydrogen-bond acceptors (Lipinski definition) is 2. The molecule has 20 heavy (non-hydrogen) atoms. The van der Waals surface area contributed by atoms with E-state index >= 15 is 0 Å². The minimum Gasteiger partial charge on any atom is -0.485 e. The second-order valence-electron chi connectivity index (χ2n) is 5.49. The van der Waals surface area contributed by atoms with Gasteiger partial charge in [0, 0.05) is 22.5 Å². The van der Waals surface area contributed by atoms with Crippen molar-refractivity contribution in [2.24, 2.45) is 5.73 Å². The van der Waals surface area contributed by atoms with Crippen molar-refractivity contribution in [3.8, 4) is 5.75 Å². The fourth-order valence-electron chi connectivity index (χ4n) is 2.77. The van der Waals surface area contributed by atoms with Crippen molar-refractivity contribution < 1.29 is 4.74 Å². The molecule has 1 aliphatic heterocycles. The average Bonchev–Trinajstić information content (AvgIpc) is 2.41. The minimum absolute atomic E-state index is 0.0248. The Labute approximate surface area is 128 Å². The number of rotatable bonds is 1. The zero-order valence-electron chi connectivity index (χ0n) is 11.7. The van der Waals surface area contributed by atoms with E-state index in [2.05, 4.69) is 48.0 Å². The highest BCUT2D eigenvalue weighted by atomic mass is 79.9. The third-order valence-electron chi connectivity index (χ3n) is 3.89. The molecular formula is C17H18BrNO. The van der Waals surface area contributed by atoms with Crippen LogP contribution in [0.2, 0.25) is 0 Å². The second kappa shape index (κ2) is 5.23. The van der Waals surface area contributed by atoms with Crippen LogP contribution in [0.3, 0.4) is 0 Å². The third-order valence-corrected chi connectivity index (χ3v) is 4.39. The summed E-state index contributed by atoms with van der Waals surface area (Å²) in [5.74, 6) is 0.893. The molecule has 104 valence electrons. The maximum atomic E-state index is 6.32. The van der Waals surface area contributed by atoms with Crippen LogP contribution in [-0.2, 0) is 0 Å². The van der Waals surface area contributed by atoms with Gasteiger partial charge in [-0.25, -0.2) is 0 Å². The molecule has 2 nitrogen and oxygen atoms in total. The first-order valence-electron chi connectivity index (χ1n) is 6.83. The van der Waals surface area contributed by atoms with Crippen LogP contribution >= 0.6 is 15.9 Å². The van der Waals surface area contributed by atoms with Crippen LogP contribution in [0.15, 0.2) is 40.9 Å². The fourth-order valence-corrected chi connectivity index (χ4v) is 3.11. The minimum atomic E-state index is 0.0248. The Hall–Kier alpha value is -1.32. The lowest BCUT2D eigenvalue weighted by Gasteiger charge is -2.31. The van der Waals surface area contributed by atoms with Crippen LogP contribution in [-0.4, -0.2) is 0 Å². The van der Waals surface area contributed by atoms with E-state index in [1.54, 1.807) is 0 Å². The SMILES string of the molecule is Cc1ccc(C)c(C2C[C@@H](N)c3ccc(Br)cc3O2)c1. The van der Waals surface area contributed by atoms with Crippen molar-refractivity contribution >= 4 is 15.9 Å². The van der Waals surface area contributed by atoms with Crippen LogP contribution < -0.4 is 10.5 Å². The highest BCUT2D eigenvalue weighted by Gasteiger charge is 2.28. The van der Waals surface area contributed by atoms with E-state index in [0.717, 1.165) is 22.2 Å². The number of benzene rings is 2. The van der Waals surface area contributed by atoms with E-state index in [4.69, 9.17) is 10.5 Å². The number of ether oxygens (including phenoxy) is 1. The van der Waals surface area contributed by atoms with Gasteiger partial charge in [-0.05, 0) is 37.1 Å². The number of halogens is 1. The summed E-state index contributed by atoms with van der Waals surface area (Å²) in [7, 11) is 0.